The van der Waals surface area contributed by atoms with E-state index < -0.39 is 0 Å². The van der Waals surface area contributed by atoms with Gasteiger partial charge in [-0.05, 0) is 62.2 Å². The highest BCUT2D eigenvalue weighted by Crippen LogP contribution is 2.36. The Morgan fingerprint density at radius 3 is 2.84 bits per heavy atom. The largest absolute Gasteiger partial charge is 0.443 e. The Balaban J connectivity index is 0.00000272. The van der Waals surface area contributed by atoms with E-state index in [0.29, 0.717) is 24.4 Å². The van der Waals surface area contributed by atoms with Crippen molar-refractivity contribution in [1.82, 2.24) is 20.5 Å². The number of oxazole rings is 1. The first-order valence-electron chi connectivity index (χ1n) is 10.5. The van der Waals surface area contributed by atoms with Gasteiger partial charge in [0.25, 0.3) is 0 Å². The molecule has 0 aromatic carbocycles. The molecule has 31 heavy (non-hydrogen) atoms. The van der Waals surface area contributed by atoms with E-state index in [9.17, 15) is 0 Å². The van der Waals surface area contributed by atoms with Crippen LogP contribution in [0.25, 0.3) is 10.8 Å². The number of likely N-dealkylation sites (tertiary alicyclic amines) is 1. The first-order valence-corrected chi connectivity index (χ1v) is 12.2. The van der Waals surface area contributed by atoms with Crippen LogP contribution in [0.2, 0.25) is 0 Å². The topological polar surface area (TPSA) is 65.7 Å². The minimum atomic E-state index is 0. The van der Waals surface area contributed by atoms with Crippen molar-refractivity contribution in [2.45, 2.75) is 32.4 Å². The molecule has 0 bridgehead atoms. The van der Waals surface area contributed by atoms with Gasteiger partial charge in [0.1, 0.15) is 12.0 Å². The van der Waals surface area contributed by atoms with Gasteiger partial charge in [-0.25, -0.2) is 9.98 Å². The predicted molar refractivity (Wildman–Crippen MR) is 140 cm³/mol. The van der Waals surface area contributed by atoms with Gasteiger partial charge >= 0.3 is 0 Å². The Morgan fingerprint density at radius 1 is 1.26 bits per heavy atom. The second kappa shape index (κ2) is 12.0. The standard InChI is InChI=1S/C22H29N5OS2.HI/c1-3-23-22(25-14-17-15-28-21(26-17)19-9-6-12-30-19)24-13-16-7-4-10-27(2)20(16)18-8-5-11-29-18;/h5-6,8-9,11-12,15-16,20H,3-4,7,10,13-14H2,1-2H3,(H2,23,24,25);1H. The fraction of sp³-hybridized carbons (Fsp3) is 0.455. The lowest BCUT2D eigenvalue weighted by Crippen LogP contribution is -2.44. The molecule has 9 heteroatoms. The third-order valence-corrected chi connectivity index (χ3v) is 7.20. The molecule has 1 aliphatic heterocycles. The lowest BCUT2D eigenvalue weighted by Gasteiger charge is -2.39. The van der Waals surface area contributed by atoms with Gasteiger partial charge in [-0.15, -0.1) is 46.7 Å². The summed E-state index contributed by atoms with van der Waals surface area (Å²) in [7, 11) is 2.24. The summed E-state index contributed by atoms with van der Waals surface area (Å²) in [5, 5.41) is 11.1. The second-order valence-corrected chi connectivity index (χ2v) is 9.47. The molecule has 168 valence electrons. The molecule has 6 nitrogen and oxygen atoms in total. The molecule has 3 aromatic rings. The van der Waals surface area contributed by atoms with Gasteiger partial charge in [-0.1, -0.05) is 12.1 Å². The summed E-state index contributed by atoms with van der Waals surface area (Å²) in [5.74, 6) is 2.05. The normalized spacial score (nSPS) is 19.7. The Hall–Kier alpha value is -1.43. The number of aliphatic imine (C=N–C) groups is 1. The fourth-order valence-electron chi connectivity index (χ4n) is 4.01. The highest BCUT2D eigenvalue weighted by atomic mass is 127. The van der Waals surface area contributed by atoms with E-state index in [0.717, 1.165) is 36.2 Å². The van der Waals surface area contributed by atoms with Crippen molar-refractivity contribution in [3.63, 3.8) is 0 Å². The van der Waals surface area contributed by atoms with Crippen molar-refractivity contribution in [2.24, 2.45) is 10.9 Å². The Labute approximate surface area is 209 Å². The van der Waals surface area contributed by atoms with Crippen LogP contribution in [0.1, 0.15) is 36.4 Å². The van der Waals surface area contributed by atoms with Crippen molar-refractivity contribution in [3.05, 3.63) is 51.9 Å². The molecule has 2 unspecified atom stereocenters. The summed E-state index contributed by atoms with van der Waals surface area (Å²) in [6, 6.07) is 8.90. The molecule has 1 aliphatic rings. The van der Waals surface area contributed by atoms with Crippen molar-refractivity contribution in [2.75, 3.05) is 26.7 Å². The summed E-state index contributed by atoms with van der Waals surface area (Å²) in [4.78, 5) is 14.3. The molecular formula is C22H30IN5OS2. The molecule has 1 fully saturated rings. The molecule has 0 saturated carbocycles. The van der Waals surface area contributed by atoms with Crippen molar-refractivity contribution in [3.8, 4) is 10.8 Å². The monoisotopic (exact) mass is 571 g/mol. The van der Waals surface area contributed by atoms with Crippen molar-refractivity contribution >= 4 is 52.6 Å². The quantitative estimate of drug-likeness (QED) is 0.231. The highest BCUT2D eigenvalue weighted by molar-refractivity contribution is 14.0. The van der Waals surface area contributed by atoms with Crippen LogP contribution in [0.3, 0.4) is 0 Å². The van der Waals surface area contributed by atoms with Crippen molar-refractivity contribution in [1.29, 1.82) is 0 Å². The van der Waals surface area contributed by atoms with Crippen LogP contribution in [0, 0.1) is 5.92 Å². The summed E-state index contributed by atoms with van der Waals surface area (Å²) < 4.78 is 5.61. The maximum Gasteiger partial charge on any atom is 0.236 e. The molecule has 4 heterocycles. The molecule has 2 atom stereocenters. The number of rotatable bonds is 7. The smallest absolute Gasteiger partial charge is 0.236 e. The van der Waals surface area contributed by atoms with Crippen molar-refractivity contribution < 1.29 is 4.42 Å². The van der Waals surface area contributed by atoms with Gasteiger partial charge in [0.15, 0.2) is 5.96 Å². The predicted octanol–water partition coefficient (Wildman–Crippen LogP) is 5.22. The van der Waals surface area contributed by atoms with Gasteiger partial charge in [-0.2, -0.15) is 0 Å². The number of guanidine groups is 1. The molecule has 4 rings (SSSR count). The molecular weight excluding hydrogens is 541 g/mol. The zero-order valence-corrected chi connectivity index (χ0v) is 21.9. The van der Waals surface area contributed by atoms with E-state index in [-0.39, 0.29) is 24.0 Å². The minimum absolute atomic E-state index is 0. The van der Waals surface area contributed by atoms with Crippen LogP contribution in [0.15, 0.2) is 50.7 Å². The van der Waals surface area contributed by atoms with Gasteiger partial charge < -0.3 is 15.1 Å². The second-order valence-electron chi connectivity index (χ2n) is 7.54. The van der Waals surface area contributed by atoms with Crippen LogP contribution >= 0.6 is 46.7 Å². The number of hydrogen-bond donors (Lipinski definition) is 2. The lowest BCUT2D eigenvalue weighted by molar-refractivity contribution is 0.125. The third kappa shape index (κ3) is 6.30. The fourth-order valence-corrected chi connectivity index (χ4v) is 5.64. The summed E-state index contributed by atoms with van der Waals surface area (Å²) in [5.41, 5.74) is 0.837. The molecule has 0 amide bonds. The molecule has 3 aromatic heterocycles. The number of aromatic nitrogens is 1. The minimum Gasteiger partial charge on any atom is -0.443 e. The number of thiophene rings is 2. The zero-order valence-electron chi connectivity index (χ0n) is 17.9. The SMILES string of the molecule is CCNC(=NCc1coc(-c2cccs2)n1)NCC1CCCN(C)C1c1cccs1.I. The van der Waals surface area contributed by atoms with E-state index in [4.69, 9.17) is 9.41 Å². The average molecular weight is 572 g/mol. The van der Waals surface area contributed by atoms with Crippen LogP contribution in [-0.2, 0) is 6.54 Å². The van der Waals surface area contributed by atoms with Crippen LogP contribution in [0.5, 0.6) is 0 Å². The van der Waals surface area contributed by atoms with Gasteiger partial charge in [-0.3, -0.25) is 4.90 Å². The number of hydrogen-bond acceptors (Lipinski definition) is 6. The lowest BCUT2D eigenvalue weighted by atomic mass is 9.88. The average Bonchev–Trinajstić information content (AvgIpc) is 3.52. The van der Waals surface area contributed by atoms with E-state index >= 15 is 0 Å². The molecule has 0 radical (unpaired) electrons. The molecule has 2 N–H and O–H groups in total. The van der Waals surface area contributed by atoms with Crippen LogP contribution < -0.4 is 10.6 Å². The maximum atomic E-state index is 5.61. The molecule has 1 saturated heterocycles. The van der Waals surface area contributed by atoms with Gasteiger partial charge in [0.05, 0.1) is 11.4 Å². The summed E-state index contributed by atoms with van der Waals surface area (Å²) in [6.45, 7) is 5.46. The first-order chi connectivity index (χ1) is 14.7. The van der Waals surface area contributed by atoms with Gasteiger partial charge in [0, 0.05) is 24.0 Å². The Kier molecular flexibility index (Phi) is 9.36. The highest BCUT2D eigenvalue weighted by Gasteiger charge is 2.31. The van der Waals surface area contributed by atoms with E-state index in [1.54, 1.807) is 17.6 Å². The Morgan fingerprint density at radius 2 is 2.10 bits per heavy atom. The van der Waals surface area contributed by atoms with Crippen LogP contribution in [0.4, 0.5) is 0 Å². The summed E-state index contributed by atoms with van der Waals surface area (Å²) in [6.07, 6.45) is 4.17. The first kappa shape index (κ1) is 24.2. The number of piperidine rings is 1. The molecule has 0 aliphatic carbocycles. The number of halogens is 1. The third-order valence-electron chi connectivity index (χ3n) is 5.40. The maximum absolute atomic E-state index is 5.61. The Bertz CT molecular complexity index is 926. The zero-order chi connectivity index (χ0) is 20.8. The number of nitrogens with one attached hydrogen (secondary N) is 2. The number of nitrogens with zero attached hydrogens (tertiary/aromatic N) is 3. The summed E-state index contributed by atoms with van der Waals surface area (Å²) >= 11 is 3.48. The van der Waals surface area contributed by atoms with Crippen LogP contribution in [-0.4, -0.2) is 42.5 Å². The molecule has 0 spiro atoms. The van der Waals surface area contributed by atoms with E-state index in [2.05, 4.69) is 52.0 Å². The van der Waals surface area contributed by atoms with E-state index in [1.807, 2.05) is 28.8 Å². The van der Waals surface area contributed by atoms with Gasteiger partial charge in [0.2, 0.25) is 5.89 Å². The van der Waals surface area contributed by atoms with E-state index in [1.165, 1.54) is 17.7 Å².